The van der Waals surface area contributed by atoms with Crippen molar-refractivity contribution in [3.63, 3.8) is 0 Å². The molecule has 1 unspecified atom stereocenters. The van der Waals surface area contributed by atoms with Crippen LogP contribution in [0, 0.1) is 17.6 Å². The maximum absolute atomic E-state index is 13.0. The average molecular weight is 267 g/mol. The summed E-state index contributed by atoms with van der Waals surface area (Å²) >= 11 is 0. The Morgan fingerprint density at radius 2 is 2.11 bits per heavy atom. The molecule has 5 heteroatoms. The Balaban J connectivity index is 2.05. The number of rotatable bonds is 4. The van der Waals surface area contributed by atoms with Crippen LogP contribution in [0.3, 0.4) is 0 Å². The Morgan fingerprint density at radius 1 is 1.37 bits per heavy atom. The average Bonchev–Trinajstić information content (AvgIpc) is 2.73. The summed E-state index contributed by atoms with van der Waals surface area (Å²) < 4.78 is 25.8. The van der Waals surface area contributed by atoms with Crippen molar-refractivity contribution in [2.75, 3.05) is 13.1 Å². The van der Waals surface area contributed by atoms with E-state index in [-0.39, 0.29) is 29.7 Å². The van der Waals surface area contributed by atoms with Crippen LogP contribution in [0.25, 0.3) is 0 Å². The van der Waals surface area contributed by atoms with E-state index >= 15 is 0 Å². The number of nitrogens with zero attached hydrogens (tertiary/aromatic N) is 1. The molecule has 0 saturated carbocycles. The van der Waals surface area contributed by atoms with Gasteiger partial charge in [0.15, 0.2) is 17.4 Å². The molecule has 1 amide bonds. The van der Waals surface area contributed by atoms with Crippen molar-refractivity contribution < 1.29 is 18.4 Å². The summed E-state index contributed by atoms with van der Waals surface area (Å²) in [5.41, 5.74) is 0.0895. The molecule has 3 nitrogen and oxygen atoms in total. The topological polar surface area (TPSA) is 37.4 Å². The van der Waals surface area contributed by atoms with Crippen LogP contribution in [0.15, 0.2) is 18.2 Å². The molecule has 19 heavy (non-hydrogen) atoms. The molecule has 0 bridgehead atoms. The third-order valence-electron chi connectivity index (χ3n) is 3.45. The van der Waals surface area contributed by atoms with E-state index in [0.717, 1.165) is 18.6 Å². The first-order valence-corrected chi connectivity index (χ1v) is 6.27. The van der Waals surface area contributed by atoms with E-state index in [0.29, 0.717) is 13.0 Å². The van der Waals surface area contributed by atoms with Crippen LogP contribution in [0.4, 0.5) is 8.78 Å². The number of likely N-dealkylation sites (tertiary alicyclic amines) is 1. The van der Waals surface area contributed by atoms with Crippen molar-refractivity contribution in [1.29, 1.82) is 0 Å². The largest absolute Gasteiger partial charge is 0.335 e. The summed E-state index contributed by atoms with van der Waals surface area (Å²) in [4.78, 5) is 25.1. The van der Waals surface area contributed by atoms with Crippen molar-refractivity contribution in [3.05, 3.63) is 35.4 Å². The number of carbonyl (C=O) groups excluding carboxylic acids is 2. The Morgan fingerprint density at radius 3 is 2.68 bits per heavy atom. The molecule has 0 spiro atoms. The monoisotopic (exact) mass is 267 g/mol. The van der Waals surface area contributed by atoms with Gasteiger partial charge in [0.05, 0.1) is 6.54 Å². The molecular formula is C14H15F2NO2. The maximum Gasteiger partial charge on any atom is 0.223 e. The third kappa shape index (κ3) is 2.97. The Hall–Kier alpha value is -1.78. The second kappa shape index (κ2) is 5.47. The summed E-state index contributed by atoms with van der Waals surface area (Å²) in [7, 11) is 0. The molecule has 0 aliphatic carbocycles. The molecule has 1 aromatic carbocycles. The second-order valence-corrected chi connectivity index (χ2v) is 4.80. The van der Waals surface area contributed by atoms with Crippen LogP contribution in [0.5, 0.6) is 0 Å². The zero-order chi connectivity index (χ0) is 14.0. The van der Waals surface area contributed by atoms with Gasteiger partial charge in [-0.05, 0) is 24.1 Å². The Labute approximate surface area is 110 Å². The summed E-state index contributed by atoms with van der Waals surface area (Å²) in [6.45, 7) is 2.49. The number of benzene rings is 1. The number of hydrogen-bond donors (Lipinski definition) is 0. The third-order valence-corrected chi connectivity index (χ3v) is 3.45. The fourth-order valence-corrected chi connectivity index (χ4v) is 2.21. The lowest BCUT2D eigenvalue weighted by Gasteiger charge is -2.15. The molecule has 1 heterocycles. The lowest BCUT2D eigenvalue weighted by molar-refractivity contribution is -0.127. The number of hydrogen-bond acceptors (Lipinski definition) is 2. The van der Waals surface area contributed by atoms with Gasteiger partial charge >= 0.3 is 0 Å². The minimum absolute atomic E-state index is 0.0530. The van der Waals surface area contributed by atoms with Gasteiger partial charge in [-0.1, -0.05) is 13.3 Å². The lowest BCUT2D eigenvalue weighted by atomic mass is 10.1. The van der Waals surface area contributed by atoms with Gasteiger partial charge in [0.25, 0.3) is 0 Å². The van der Waals surface area contributed by atoms with Crippen LogP contribution >= 0.6 is 0 Å². The first kappa shape index (κ1) is 13.6. The smallest absolute Gasteiger partial charge is 0.223 e. The maximum atomic E-state index is 13.0. The first-order valence-electron chi connectivity index (χ1n) is 6.27. The SMILES string of the molecule is CCC1CC(=O)N(CC(=O)c2ccc(F)c(F)c2)C1. The van der Waals surface area contributed by atoms with Gasteiger partial charge in [-0.25, -0.2) is 8.78 Å². The van der Waals surface area contributed by atoms with E-state index in [1.54, 1.807) is 0 Å². The van der Waals surface area contributed by atoms with Gasteiger partial charge < -0.3 is 4.90 Å². The summed E-state index contributed by atoms with van der Waals surface area (Å²) in [6.07, 6.45) is 1.35. The van der Waals surface area contributed by atoms with E-state index in [9.17, 15) is 18.4 Å². The highest BCUT2D eigenvalue weighted by atomic mass is 19.2. The van der Waals surface area contributed by atoms with Crippen LogP contribution in [-0.2, 0) is 4.79 Å². The number of Topliss-reactive ketones (excluding diaryl/α,β-unsaturated/α-hetero) is 1. The summed E-state index contributed by atoms with van der Waals surface area (Å²) in [5, 5.41) is 0. The number of amides is 1. The van der Waals surface area contributed by atoms with E-state index in [1.165, 1.54) is 11.0 Å². The Bertz CT molecular complexity index is 516. The highest BCUT2D eigenvalue weighted by Gasteiger charge is 2.29. The highest BCUT2D eigenvalue weighted by Crippen LogP contribution is 2.21. The number of carbonyl (C=O) groups is 2. The highest BCUT2D eigenvalue weighted by molar-refractivity contribution is 5.99. The van der Waals surface area contributed by atoms with Crippen molar-refractivity contribution in [3.8, 4) is 0 Å². The number of halogens is 2. The van der Waals surface area contributed by atoms with Crippen LogP contribution in [-0.4, -0.2) is 29.7 Å². The van der Waals surface area contributed by atoms with Crippen LogP contribution in [0.2, 0.25) is 0 Å². The predicted molar refractivity (Wildman–Crippen MR) is 65.7 cm³/mol. The zero-order valence-corrected chi connectivity index (χ0v) is 10.7. The van der Waals surface area contributed by atoms with Gasteiger partial charge in [-0.2, -0.15) is 0 Å². The van der Waals surface area contributed by atoms with Crippen LogP contribution < -0.4 is 0 Å². The van der Waals surface area contributed by atoms with Gasteiger partial charge in [-0.3, -0.25) is 9.59 Å². The fraction of sp³-hybridized carbons (Fsp3) is 0.429. The van der Waals surface area contributed by atoms with Gasteiger partial charge in [0, 0.05) is 18.5 Å². The summed E-state index contributed by atoms with van der Waals surface area (Å²) in [6, 6.07) is 3.03. The molecule has 1 saturated heterocycles. The van der Waals surface area contributed by atoms with Gasteiger partial charge in [-0.15, -0.1) is 0 Å². The van der Waals surface area contributed by atoms with Crippen molar-refractivity contribution in [1.82, 2.24) is 4.90 Å². The molecular weight excluding hydrogens is 252 g/mol. The molecule has 0 aromatic heterocycles. The van der Waals surface area contributed by atoms with E-state index < -0.39 is 11.6 Å². The van der Waals surface area contributed by atoms with E-state index in [4.69, 9.17) is 0 Å². The standard InChI is InChI=1S/C14H15F2NO2/c1-2-9-5-14(19)17(7-9)8-13(18)10-3-4-11(15)12(16)6-10/h3-4,6,9H,2,5,7-8H2,1H3. The normalized spacial score (nSPS) is 19.0. The summed E-state index contributed by atoms with van der Waals surface area (Å²) in [5.74, 6) is -2.18. The fourth-order valence-electron chi connectivity index (χ4n) is 2.21. The van der Waals surface area contributed by atoms with Gasteiger partial charge in [0.1, 0.15) is 0 Å². The van der Waals surface area contributed by atoms with Crippen molar-refractivity contribution in [2.45, 2.75) is 19.8 Å². The molecule has 102 valence electrons. The quantitative estimate of drug-likeness (QED) is 0.786. The Kier molecular flexibility index (Phi) is 3.93. The molecule has 0 N–H and O–H groups in total. The van der Waals surface area contributed by atoms with E-state index in [2.05, 4.69) is 0 Å². The molecule has 1 fully saturated rings. The minimum Gasteiger partial charge on any atom is -0.335 e. The molecule has 1 aliphatic rings. The molecule has 2 rings (SSSR count). The number of ketones is 1. The van der Waals surface area contributed by atoms with E-state index in [1.807, 2.05) is 6.92 Å². The lowest BCUT2D eigenvalue weighted by Crippen LogP contribution is -2.31. The second-order valence-electron chi connectivity index (χ2n) is 4.80. The van der Waals surface area contributed by atoms with Crippen LogP contribution in [0.1, 0.15) is 30.1 Å². The molecule has 1 aliphatic heterocycles. The van der Waals surface area contributed by atoms with Gasteiger partial charge in [0.2, 0.25) is 5.91 Å². The molecule has 1 aromatic rings. The molecule has 1 atom stereocenters. The zero-order valence-electron chi connectivity index (χ0n) is 10.7. The van der Waals surface area contributed by atoms with Crippen molar-refractivity contribution >= 4 is 11.7 Å². The minimum atomic E-state index is -1.05. The molecule has 0 radical (unpaired) electrons. The van der Waals surface area contributed by atoms with Crippen molar-refractivity contribution in [2.24, 2.45) is 5.92 Å². The first-order chi connectivity index (χ1) is 9.01. The predicted octanol–water partition coefficient (Wildman–Crippen LogP) is 2.41.